The molecule has 2 aromatic carbocycles. The average Bonchev–Trinajstić information content (AvgIpc) is 2.94. The van der Waals surface area contributed by atoms with Gasteiger partial charge in [-0.2, -0.15) is 0 Å². The van der Waals surface area contributed by atoms with Crippen molar-refractivity contribution in [3.8, 4) is 0 Å². The second kappa shape index (κ2) is 8.02. The van der Waals surface area contributed by atoms with Gasteiger partial charge in [0.15, 0.2) is 0 Å². The van der Waals surface area contributed by atoms with Crippen LogP contribution in [0.4, 0.5) is 0 Å². The molecular formula is C26H34Si. The molecule has 0 bridgehead atoms. The Bertz CT molecular complexity index is 822. The van der Waals surface area contributed by atoms with E-state index in [0.717, 1.165) is 6.42 Å². The van der Waals surface area contributed by atoms with Crippen LogP contribution >= 0.6 is 0 Å². The molecule has 1 aliphatic carbocycles. The monoisotopic (exact) mass is 374 g/mol. The summed E-state index contributed by atoms with van der Waals surface area (Å²) in [6, 6.07) is 14.4. The second-order valence-corrected chi connectivity index (χ2v) is 11.6. The normalized spacial score (nSPS) is 15.5. The lowest BCUT2D eigenvalue weighted by molar-refractivity contribution is 0.669. The predicted molar refractivity (Wildman–Crippen MR) is 123 cm³/mol. The topological polar surface area (TPSA) is 0 Å². The van der Waals surface area contributed by atoms with Gasteiger partial charge in [0.1, 0.15) is 8.80 Å². The third kappa shape index (κ3) is 4.35. The van der Waals surface area contributed by atoms with Crippen LogP contribution in [-0.4, -0.2) is 8.80 Å². The van der Waals surface area contributed by atoms with Crippen LogP contribution in [0.3, 0.4) is 0 Å². The van der Waals surface area contributed by atoms with Gasteiger partial charge in [-0.1, -0.05) is 99.7 Å². The summed E-state index contributed by atoms with van der Waals surface area (Å²) in [4.78, 5) is 0. The zero-order valence-corrected chi connectivity index (χ0v) is 19.3. The molecule has 3 rings (SSSR count). The fraction of sp³-hybridized carbons (Fsp3) is 0.385. The molecule has 0 N–H and O–H groups in total. The van der Waals surface area contributed by atoms with Gasteiger partial charge in [0, 0.05) is 0 Å². The van der Waals surface area contributed by atoms with Crippen molar-refractivity contribution >= 4 is 19.2 Å². The smallest absolute Gasteiger partial charge is 0.0694 e. The van der Waals surface area contributed by atoms with Crippen LogP contribution in [-0.2, 0) is 0 Å². The second-order valence-electron chi connectivity index (χ2n) is 8.73. The van der Waals surface area contributed by atoms with Gasteiger partial charge in [0.2, 0.25) is 0 Å². The number of hydrogen-bond acceptors (Lipinski definition) is 0. The lowest BCUT2D eigenvalue weighted by Crippen LogP contribution is -2.45. The minimum atomic E-state index is -1.45. The van der Waals surface area contributed by atoms with E-state index in [0.29, 0.717) is 5.92 Å². The minimum Gasteiger partial charge on any atom is -0.0694 e. The maximum Gasteiger partial charge on any atom is 0.129 e. The number of aryl methyl sites for hydroxylation is 4. The van der Waals surface area contributed by atoms with E-state index >= 15 is 0 Å². The van der Waals surface area contributed by atoms with E-state index in [1.165, 1.54) is 34.2 Å². The Balaban J connectivity index is 2.24. The summed E-state index contributed by atoms with van der Waals surface area (Å²) in [5, 5.41) is 4.91. The molecule has 0 fully saturated rings. The van der Waals surface area contributed by atoms with Gasteiger partial charge in [-0.3, -0.25) is 0 Å². The summed E-state index contributed by atoms with van der Waals surface area (Å²) in [7, 11) is -1.45. The molecule has 1 aliphatic rings. The number of allylic oxidation sites excluding steroid dienone is 4. The van der Waals surface area contributed by atoms with Gasteiger partial charge in [-0.25, -0.2) is 0 Å². The minimum absolute atomic E-state index is 0.643. The maximum absolute atomic E-state index is 2.49. The molecule has 0 radical (unpaired) electrons. The van der Waals surface area contributed by atoms with E-state index in [1.54, 1.807) is 21.1 Å². The van der Waals surface area contributed by atoms with Crippen molar-refractivity contribution in [1.29, 1.82) is 0 Å². The molecule has 0 spiro atoms. The Morgan fingerprint density at radius 1 is 0.778 bits per heavy atom. The van der Waals surface area contributed by atoms with Crippen LogP contribution < -0.4 is 10.4 Å². The summed E-state index contributed by atoms with van der Waals surface area (Å²) in [6.07, 6.45) is 4.87. The Morgan fingerprint density at radius 2 is 1.22 bits per heavy atom. The summed E-state index contributed by atoms with van der Waals surface area (Å²) < 4.78 is 0. The van der Waals surface area contributed by atoms with Crippen molar-refractivity contribution in [2.24, 2.45) is 5.92 Å². The highest BCUT2D eigenvalue weighted by atomic mass is 28.3. The van der Waals surface area contributed by atoms with Crippen LogP contribution in [0.25, 0.3) is 0 Å². The van der Waals surface area contributed by atoms with Crippen LogP contribution in [0.2, 0.25) is 0 Å². The predicted octanol–water partition coefficient (Wildman–Crippen LogP) is 5.49. The van der Waals surface area contributed by atoms with Crippen molar-refractivity contribution in [3.05, 3.63) is 81.1 Å². The molecule has 0 heterocycles. The molecule has 0 amide bonds. The highest BCUT2D eigenvalue weighted by molar-refractivity contribution is 6.91. The van der Waals surface area contributed by atoms with Crippen LogP contribution in [0.15, 0.2) is 58.8 Å². The van der Waals surface area contributed by atoms with Crippen LogP contribution in [0, 0.1) is 33.6 Å². The molecule has 0 aliphatic heterocycles. The van der Waals surface area contributed by atoms with E-state index in [2.05, 4.69) is 90.9 Å². The van der Waals surface area contributed by atoms with Gasteiger partial charge < -0.3 is 0 Å². The van der Waals surface area contributed by atoms with Crippen molar-refractivity contribution < 1.29 is 0 Å². The largest absolute Gasteiger partial charge is 0.129 e. The first kappa shape index (κ1) is 19.9. The van der Waals surface area contributed by atoms with Crippen molar-refractivity contribution in [3.63, 3.8) is 0 Å². The van der Waals surface area contributed by atoms with E-state index < -0.39 is 8.80 Å². The van der Waals surface area contributed by atoms with Gasteiger partial charge in [0.05, 0.1) is 0 Å². The summed E-state index contributed by atoms with van der Waals surface area (Å²) in [5.74, 6) is 0.643. The molecule has 0 nitrogen and oxygen atoms in total. The van der Waals surface area contributed by atoms with Gasteiger partial charge >= 0.3 is 0 Å². The lowest BCUT2D eigenvalue weighted by atomic mass is 10.00. The summed E-state index contributed by atoms with van der Waals surface area (Å²) in [5.41, 5.74) is 8.72. The summed E-state index contributed by atoms with van der Waals surface area (Å²) in [6.45, 7) is 16.0. The van der Waals surface area contributed by atoms with Crippen molar-refractivity contribution in [1.82, 2.24) is 0 Å². The molecule has 1 atom stereocenters. The number of rotatable bonds is 5. The molecule has 0 saturated heterocycles. The molecule has 0 aromatic heterocycles. The standard InChI is InChI=1S/C26H34Si/c1-8-22(7)25-15-21(6)16-26(25)27(23-11-17(2)9-18(3)12-23)24-13-19(4)10-20(5)14-24/h9-15,22,27H,8,16H2,1-7H3. The Labute approximate surface area is 167 Å². The quantitative estimate of drug-likeness (QED) is 0.607. The van der Waals surface area contributed by atoms with E-state index in [4.69, 9.17) is 0 Å². The molecule has 1 heteroatoms. The first-order chi connectivity index (χ1) is 12.8. The van der Waals surface area contributed by atoms with Crippen molar-refractivity contribution in [2.45, 2.75) is 61.3 Å². The zero-order chi connectivity index (χ0) is 19.7. The highest BCUT2D eigenvalue weighted by Crippen LogP contribution is 2.33. The average molecular weight is 375 g/mol. The van der Waals surface area contributed by atoms with E-state index in [1.807, 2.05) is 0 Å². The first-order valence-corrected chi connectivity index (χ1v) is 12.1. The fourth-order valence-electron chi connectivity index (χ4n) is 4.71. The third-order valence-corrected chi connectivity index (χ3v) is 9.12. The van der Waals surface area contributed by atoms with E-state index in [9.17, 15) is 0 Å². The molecule has 142 valence electrons. The van der Waals surface area contributed by atoms with Gasteiger partial charge in [0.25, 0.3) is 0 Å². The maximum atomic E-state index is 2.49. The molecule has 1 unspecified atom stereocenters. The van der Waals surface area contributed by atoms with Crippen LogP contribution in [0.1, 0.15) is 55.9 Å². The molecule has 2 aromatic rings. The molecular weight excluding hydrogens is 340 g/mol. The Morgan fingerprint density at radius 3 is 1.63 bits per heavy atom. The highest BCUT2D eigenvalue weighted by Gasteiger charge is 2.28. The zero-order valence-electron chi connectivity index (χ0n) is 18.1. The third-order valence-electron chi connectivity index (χ3n) is 5.89. The first-order valence-electron chi connectivity index (χ1n) is 10.3. The number of hydrogen-bond donors (Lipinski definition) is 0. The molecule has 0 saturated carbocycles. The van der Waals surface area contributed by atoms with Crippen LogP contribution in [0.5, 0.6) is 0 Å². The number of benzene rings is 2. The van der Waals surface area contributed by atoms with E-state index in [-0.39, 0.29) is 0 Å². The Hall–Kier alpha value is -1.86. The van der Waals surface area contributed by atoms with Gasteiger partial charge in [-0.15, -0.1) is 0 Å². The summed E-state index contributed by atoms with van der Waals surface area (Å²) >= 11 is 0. The van der Waals surface area contributed by atoms with Gasteiger partial charge in [-0.05, 0) is 59.0 Å². The SMILES string of the molecule is CCC(C)C1=C([SiH](c2cc(C)cc(C)c2)c2cc(C)cc(C)c2)CC(C)=C1. The fourth-order valence-corrected chi connectivity index (χ4v) is 8.84. The van der Waals surface area contributed by atoms with Crippen molar-refractivity contribution in [2.75, 3.05) is 0 Å². The molecule has 27 heavy (non-hydrogen) atoms. The Kier molecular flexibility index (Phi) is 5.91. The lowest BCUT2D eigenvalue weighted by Gasteiger charge is -2.24.